The Morgan fingerprint density at radius 2 is 2.05 bits per heavy atom. The van der Waals surface area contributed by atoms with E-state index in [4.69, 9.17) is 9.73 Å². The summed E-state index contributed by atoms with van der Waals surface area (Å²) in [6.45, 7) is 12.5. The maximum atomic E-state index is 5.15. The largest absolute Gasteiger partial charge is 0.383 e. The lowest BCUT2D eigenvalue weighted by Crippen LogP contribution is -2.49. The van der Waals surface area contributed by atoms with Crippen molar-refractivity contribution in [3.63, 3.8) is 0 Å². The van der Waals surface area contributed by atoms with Crippen LogP contribution in [0, 0.1) is 0 Å². The molecule has 0 bridgehead atoms. The summed E-state index contributed by atoms with van der Waals surface area (Å²) in [6.07, 6.45) is 4.48. The standard InChI is InChI=1S/C16H34N4OS/c1-6-17-15(18-13-16(2,3)22-5)19-14-7-9-20(10-8-14)11-12-21-4/h14H,6-13H2,1-5H3,(H2,17,18,19). The van der Waals surface area contributed by atoms with E-state index in [1.165, 1.54) is 12.8 Å². The molecule has 0 aromatic rings. The number of guanidine groups is 1. The fourth-order valence-corrected chi connectivity index (χ4v) is 2.56. The van der Waals surface area contributed by atoms with Crippen LogP contribution in [0.3, 0.4) is 0 Å². The second-order valence-corrected chi connectivity index (χ2v) is 7.93. The third-order valence-corrected chi connectivity index (χ3v) is 5.29. The van der Waals surface area contributed by atoms with Crippen LogP contribution in [0.5, 0.6) is 0 Å². The van der Waals surface area contributed by atoms with Gasteiger partial charge in [0.2, 0.25) is 0 Å². The molecule has 0 atom stereocenters. The average Bonchev–Trinajstić information content (AvgIpc) is 2.52. The van der Waals surface area contributed by atoms with Crippen LogP contribution in [-0.2, 0) is 4.74 Å². The van der Waals surface area contributed by atoms with Crippen molar-refractivity contribution in [2.24, 2.45) is 4.99 Å². The molecule has 0 unspecified atom stereocenters. The van der Waals surface area contributed by atoms with Gasteiger partial charge >= 0.3 is 0 Å². The normalized spacial score (nSPS) is 18.5. The van der Waals surface area contributed by atoms with Crippen LogP contribution in [-0.4, -0.2) is 74.3 Å². The van der Waals surface area contributed by atoms with E-state index in [0.29, 0.717) is 6.04 Å². The number of nitrogens with zero attached hydrogens (tertiary/aromatic N) is 2. The SMILES string of the molecule is CCNC(=NCC(C)(C)SC)NC1CCN(CCOC)CC1. The van der Waals surface area contributed by atoms with Gasteiger partial charge in [-0.25, -0.2) is 0 Å². The van der Waals surface area contributed by atoms with Gasteiger partial charge in [0.15, 0.2) is 5.96 Å². The van der Waals surface area contributed by atoms with Gasteiger partial charge < -0.3 is 20.3 Å². The number of hydrogen-bond donors (Lipinski definition) is 2. The predicted molar refractivity (Wildman–Crippen MR) is 98.0 cm³/mol. The van der Waals surface area contributed by atoms with Gasteiger partial charge in [-0.05, 0) is 39.9 Å². The summed E-state index contributed by atoms with van der Waals surface area (Å²) in [6, 6.07) is 0.522. The van der Waals surface area contributed by atoms with Gasteiger partial charge in [-0.3, -0.25) is 4.99 Å². The maximum absolute atomic E-state index is 5.15. The highest BCUT2D eigenvalue weighted by Crippen LogP contribution is 2.21. The molecule has 2 N–H and O–H groups in total. The number of nitrogens with one attached hydrogen (secondary N) is 2. The lowest BCUT2D eigenvalue weighted by Gasteiger charge is -2.33. The minimum Gasteiger partial charge on any atom is -0.383 e. The van der Waals surface area contributed by atoms with Gasteiger partial charge in [0, 0.05) is 44.1 Å². The predicted octanol–water partition coefficient (Wildman–Crippen LogP) is 1.79. The van der Waals surface area contributed by atoms with Crippen LogP contribution in [0.25, 0.3) is 0 Å². The molecule has 6 heteroatoms. The van der Waals surface area contributed by atoms with Gasteiger partial charge in [-0.1, -0.05) is 0 Å². The summed E-state index contributed by atoms with van der Waals surface area (Å²) in [5, 5.41) is 6.97. The molecule has 22 heavy (non-hydrogen) atoms. The van der Waals surface area contributed by atoms with Crippen molar-refractivity contribution in [1.82, 2.24) is 15.5 Å². The van der Waals surface area contributed by atoms with Crippen molar-refractivity contribution in [2.75, 3.05) is 52.7 Å². The smallest absolute Gasteiger partial charge is 0.191 e. The molecule has 5 nitrogen and oxygen atoms in total. The molecule has 0 aromatic heterocycles. The fraction of sp³-hybridized carbons (Fsp3) is 0.938. The van der Waals surface area contributed by atoms with Crippen molar-refractivity contribution in [2.45, 2.75) is 44.4 Å². The molecule has 1 saturated heterocycles. The van der Waals surface area contributed by atoms with Crippen molar-refractivity contribution in [3.8, 4) is 0 Å². The van der Waals surface area contributed by atoms with E-state index in [-0.39, 0.29) is 4.75 Å². The Labute approximate surface area is 140 Å². The Bertz CT molecular complexity index is 328. The van der Waals surface area contributed by atoms with E-state index in [0.717, 1.165) is 45.3 Å². The van der Waals surface area contributed by atoms with Crippen molar-refractivity contribution in [3.05, 3.63) is 0 Å². The molecule has 1 heterocycles. The number of piperidine rings is 1. The van der Waals surface area contributed by atoms with Gasteiger partial charge in [0.1, 0.15) is 0 Å². The molecule has 1 aliphatic rings. The van der Waals surface area contributed by atoms with Crippen LogP contribution in [0.2, 0.25) is 0 Å². The molecule has 0 aromatic carbocycles. The number of likely N-dealkylation sites (tertiary alicyclic amines) is 1. The van der Waals surface area contributed by atoms with Crippen LogP contribution >= 0.6 is 11.8 Å². The zero-order valence-corrected chi connectivity index (χ0v) is 15.8. The van der Waals surface area contributed by atoms with E-state index in [1.807, 2.05) is 11.8 Å². The number of methoxy groups -OCH3 is 1. The number of ether oxygens (including phenoxy) is 1. The summed E-state index contributed by atoms with van der Waals surface area (Å²) < 4.78 is 5.34. The minimum absolute atomic E-state index is 0.186. The topological polar surface area (TPSA) is 48.9 Å². The third-order valence-electron chi connectivity index (χ3n) is 4.05. The first-order valence-electron chi connectivity index (χ1n) is 8.32. The highest BCUT2D eigenvalue weighted by Gasteiger charge is 2.20. The van der Waals surface area contributed by atoms with Gasteiger partial charge in [0.25, 0.3) is 0 Å². The van der Waals surface area contributed by atoms with Gasteiger partial charge in [-0.2, -0.15) is 11.8 Å². The Morgan fingerprint density at radius 3 is 2.59 bits per heavy atom. The summed E-state index contributed by atoms with van der Waals surface area (Å²) >= 11 is 1.86. The first-order valence-corrected chi connectivity index (χ1v) is 9.54. The molecular formula is C16H34N4OS. The average molecular weight is 331 g/mol. The summed E-state index contributed by atoms with van der Waals surface area (Å²) in [7, 11) is 1.77. The summed E-state index contributed by atoms with van der Waals surface area (Å²) in [5.74, 6) is 0.958. The lowest BCUT2D eigenvalue weighted by atomic mass is 10.1. The van der Waals surface area contributed by atoms with Crippen molar-refractivity contribution < 1.29 is 4.74 Å². The van der Waals surface area contributed by atoms with Gasteiger partial charge in [0.05, 0.1) is 13.2 Å². The molecular weight excluding hydrogens is 296 g/mol. The quantitative estimate of drug-likeness (QED) is 0.525. The third kappa shape index (κ3) is 7.70. The number of hydrogen-bond acceptors (Lipinski definition) is 4. The maximum Gasteiger partial charge on any atom is 0.191 e. The Hall–Kier alpha value is -0.460. The molecule has 1 rings (SSSR count). The molecule has 1 fully saturated rings. The summed E-state index contributed by atoms with van der Waals surface area (Å²) in [4.78, 5) is 7.23. The van der Waals surface area contributed by atoms with Crippen molar-refractivity contribution >= 4 is 17.7 Å². The lowest BCUT2D eigenvalue weighted by molar-refractivity contribution is 0.128. The van der Waals surface area contributed by atoms with E-state index in [1.54, 1.807) is 7.11 Å². The Kier molecular flexibility index (Phi) is 9.21. The molecule has 0 spiro atoms. The molecule has 0 radical (unpaired) electrons. The number of thioether (sulfide) groups is 1. The molecule has 130 valence electrons. The van der Waals surface area contributed by atoms with Crippen LogP contribution in [0.1, 0.15) is 33.6 Å². The molecule has 0 saturated carbocycles. The highest BCUT2D eigenvalue weighted by molar-refractivity contribution is 7.99. The first-order chi connectivity index (χ1) is 10.5. The molecule has 1 aliphatic heterocycles. The van der Waals surface area contributed by atoms with E-state index < -0.39 is 0 Å². The second kappa shape index (κ2) is 10.3. The zero-order chi connectivity index (χ0) is 16.4. The van der Waals surface area contributed by atoms with Crippen molar-refractivity contribution in [1.29, 1.82) is 0 Å². The Morgan fingerprint density at radius 1 is 1.36 bits per heavy atom. The van der Waals surface area contributed by atoms with Crippen LogP contribution < -0.4 is 10.6 Å². The van der Waals surface area contributed by atoms with E-state index in [2.05, 4.69) is 42.6 Å². The zero-order valence-electron chi connectivity index (χ0n) is 14.9. The fourth-order valence-electron chi connectivity index (χ4n) is 2.37. The number of rotatable bonds is 8. The van der Waals surface area contributed by atoms with Crippen LogP contribution in [0.4, 0.5) is 0 Å². The molecule has 0 amide bonds. The van der Waals surface area contributed by atoms with E-state index in [9.17, 15) is 0 Å². The monoisotopic (exact) mass is 330 g/mol. The highest BCUT2D eigenvalue weighted by atomic mass is 32.2. The first kappa shape index (κ1) is 19.6. The number of aliphatic imine (C=N–C) groups is 1. The summed E-state index contributed by atoms with van der Waals surface area (Å²) in [5.41, 5.74) is 0. The van der Waals surface area contributed by atoms with E-state index >= 15 is 0 Å². The molecule has 0 aliphatic carbocycles. The van der Waals surface area contributed by atoms with Crippen LogP contribution in [0.15, 0.2) is 4.99 Å². The van der Waals surface area contributed by atoms with Gasteiger partial charge in [-0.15, -0.1) is 0 Å². The second-order valence-electron chi connectivity index (χ2n) is 6.41. The minimum atomic E-state index is 0.186. The Balaban J connectivity index is 2.42.